The number of benzene rings is 1. The van der Waals surface area contributed by atoms with E-state index >= 15 is 0 Å². The lowest BCUT2D eigenvalue weighted by atomic mass is 10.1. The van der Waals surface area contributed by atoms with Gasteiger partial charge in [-0.1, -0.05) is 30.3 Å². The van der Waals surface area contributed by atoms with Crippen molar-refractivity contribution in [1.29, 1.82) is 0 Å². The van der Waals surface area contributed by atoms with Gasteiger partial charge in [0.05, 0.1) is 19.3 Å². The second-order valence-corrected chi connectivity index (χ2v) is 15.4. The number of carbonyl (C=O) groups excluding carboxylic acids is 1. The van der Waals surface area contributed by atoms with Gasteiger partial charge in [-0.25, -0.2) is 4.79 Å². The SMILES string of the molecule is CCOC(=O)C1([C@@H](O)C[C@@H](CCOCc2ccccc2)O[Si](C)(C)C)SCCS1. The number of esters is 1. The van der Waals surface area contributed by atoms with Crippen LogP contribution in [0.25, 0.3) is 0 Å². The molecule has 1 saturated heterocycles. The van der Waals surface area contributed by atoms with E-state index in [-0.39, 0.29) is 12.1 Å². The first-order valence-electron chi connectivity index (χ1n) is 10.2. The molecule has 1 aromatic rings. The Morgan fingerprint density at radius 3 is 2.45 bits per heavy atom. The molecule has 1 aliphatic rings. The monoisotopic (exact) mass is 458 g/mol. The average Bonchev–Trinajstić information content (AvgIpc) is 3.16. The van der Waals surface area contributed by atoms with E-state index in [4.69, 9.17) is 13.9 Å². The zero-order valence-electron chi connectivity index (χ0n) is 17.9. The van der Waals surface area contributed by atoms with E-state index in [2.05, 4.69) is 19.6 Å². The molecule has 0 spiro atoms. The van der Waals surface area contributed by atoms with Crippen LogP contribution in [0.4, 0.5) is 0 Å². The normalized spacial score (nSPS) is 18.4. The van der Waals surface area contributed by atoms with E-state index < -0.39 is 18.5 Å². The van der Waals surface area contributed by atoms with Gasteiger partial charge < -0.3 is 19.0 Å². The van der Waals surface area contributed by atoms with Crippen molar-refractivity contribution in [3.63, 3.8) is 0 Å². The van der Waals surface area contributed by atoms with Gasteiger partial charge >= 0.3 is 5.97 Å². The van der Waals surface area contributed by atoms with Crippen LogP contribution in [0, 0.1) is 0 Å². The summed E-state index contributed by atoms with van der Waals surface area (Å²) in [5, 5.41) is 11.1. The van der Waals surface area contributed by atoms with Gasteiger partial charge in [0.1, 0.15) is 0 Å². The smallest absolute Gasteiger partial charge is 0.335 e. The van der Waals surface area contributed by atoms with Crippen LogP contribution < -0.4 is 0 Å². The van der Waals surface area contributed by atoms with E-state index in [1.165, 1.54) is 23.5 Å². The molecule has 8 heteroatoms. The third-order valence-corrected chi connectivity index (χ3v) is 8.97. The van der Waals surface area contributed by atoms with E-state index in [1.54, 1.807) is 6.92 Å². The molecule has 1 aliphatic heterocycles. The highest BCUT2D eigenvalue weighted by molar-refractivity contribution is 8.22. The Bertz CT molecular complexity index is 617. The molecule has 0 bridgehead atoms. The lowest BCUT2D eigenvalue weighted by Gasteiger charge is -2.34. The van der Waals surface area contributed by atoms with Crippen LogP contribution in [0.2, 0.25) is 19.6 Å². The Hall–Kier alpha value is -0.513. The second kappa shape index (κ2) is 11.8. The summed E-state index contributed by atoms with van der Waals surface area (Å²) in [6.07, 6.45) is 0.107. The van der Waals surface area contributed by atoms with Crippen molar-refractivity contribution in [3.05, 3.63) is 35.9 Å². The lowest BCUT2D eigenvalue weighted by molar-refractivity contribution is -0.146. The third-order valence-electron chi connectivity index (χ3n) is 4.42. The molecule has 164 valence electrons. The zero-order chi connectivity index (χ0) is 21.3. The summed E-state index contributed by atoms with van der Waals surface area (Å²) in [6, 6.07) is 10.1. The number of hydrogen-bond acceptors (Lipinski definition) is 7. The van der Waals surface area contributed by atoms with E-state index in [0.717, 1.165) is 17.1 Å². The van der Waals surface area contributed by atoms with Crippen molar-refractivity contribution in [3.8, 4) is 0 Å². The Morgan fingerprint density at radius 2 is 1.86 bits per heavy atom. The number of rotatable bonds is 12. The van der Waals surface area contributed by atoms with E-state index in [9.17, 15) is 9.90 Å². The summed E-state index contributed by atoms with van der Waals surface area (Å²) in [5.74, 6) is 1.34. The molecule has 0 amide bonds. The van der Waals surface area contributed by atoms with Crippen LogP contribution in [-0.2, 0) is 25.3 Å². The molecule has 0 saturated carbocycles. The van der Waals surface area contributed by atoms with Crippen LogP contribution in [0.1, 0.15) is 25.3 Å². The Labute approximate surface area is 184 Å². The van der Waals surface area contributed by atoms with Gasteiger partial charge in [-0.05, 0) is 38.5 Å². The maximum Gasteiger partial charge on any atom is 0.335 e. The van der Waals surface area contributed by atoms with Crippen LogP contribution in [-0.4, -0.2) is 60.4 Å². The van der Waals surface area contributed by atoms with Crippen molar-refractivity contribution in [2.24, 2.45) is 0 Å². The number of carbonyl (C=O) groups is 1. The fraction of sp³-hybridized carbons (Fsp3) is 0.667. The number of aliphatic hydroxyl groups is 1. The van der Waals surface area contributed by atoms with Crippen molar-refractivity contribution >= 4 is 37.8 Å². The van der Waals surface area contributed by atoms with Crippen LogP contribution in [0.3, 0.4) is 0 Å². The maximum atomic E-state index is 12.6. The molecular weight excluding hydrogens is 424 g/mol. The molecule has 0 radical (unpaired) electrons. The molecule has 1 heterocycles. The third kappa shape index (κ3) is 7.92. The van der Waals surface area contributed by atoms with Gasteiger partial charge in [0.15, 0.2) is 12.4 Å². The maximum absolute atomic E-state index is 12.6. The molecule has 1 aromatic carbocycles. The number of aliphatic hydroxyl groups excluding tert-OH is 1. The molecule has 0 aromatic heterocycles. The zero-order valence-corrected chi connectivity index (χ0v) is 20.5. The Kier molecular flexibility index (Phi) is 10.0. The average molecular weight is 459 g/mol. The standard InChI is InChI=1S/C21H34O5S2Si/c1-5-25-20(23)21(27-13-14-28-21)19(22)15-18(26-29(2,3)4)11-12-24-16-17-9-7-6-8-10-17/h6-10,18-19,22H,5,11-16H2,1-4H3/t18-,19+/m1/s1. The number of ether oxygens (including phenoxy) is 2. The highest BCUT2D eigenvalue weighted by atomic mass is 32.2. The largest absolute Gasteiger partial charge is 0.464 e. The van der Waals surface area contributed by atoms with Crippen LogP contribution in [0.5, 0.6) is 0 Å². The summed E-state index contributed by atoms with van der Waals surface area (Å²) < 4.78 is 16.5. The van der Waals surface area contributed by atoms with Crippen molar-refractivity contribution in [2.45, 2.75) is 62.3 Å². The minimum Gasteiger partial charge on any atom is -0.464 e. The fourth-order valence-corrected chi connectivity index (χ4v) is 7.47. The summed E-state index contributed by atoms with van der Waals surface area (Å²) in [6.45, 7) is 9.62. The van der Waals surface area contributed by atoms with Gasteiger partial charge in [0, 0.05) is 30.6 Å². The first-order valence-corrected chi connectivity index (χ1v) is 15.6. The Morgan fingerprint density at radius 1 is 1.21 bits per heavy atom. The predicted octanol–water partition coefficient (Wildman–Crippen LogP) is 4.30. The van der Waals surface area contributed by atoms with Gasteiger partial charge in [-0.2, -0.15) is 0 Å². The Balaban J connectivity index is 1.96. The first kappa shape index (κ1) is 24.8. The van der Waals surface area contributed by atoms with E-state index in [0.29, 0.717) is 32.7 Å². The molecular formula is C21H34O5S2Si. The molecule has 5 nitrogen and oxygen atoms in total. The van der Waals surface area contributed by atoms with Gasteiger partial charge in [-0.15, -0.1) is 23.5 Å². The molecule has 0 unspecified atom stereocenters. The molecule has 1 N–H and O–H groups in total. The highest BCUT2D eigenvalue weighted by Gasteiger charge is 2.51. The molecule has 29 heavy (non-hydrogen) atoms. The summed E-state index contributed by atoms with van der Waals surface area (Å²) in [7, 11) is -1.81. The van der Waals surface area contributed by atoms with Gasteiger partial charge in [0.25, 0.3) is 0 Å². The summed E-state index contributed by atoms with van der Waals surface area (Å²) >= 11 is 2.99. The minimum atomic E-state index is -1.81. The number of thioether (sulfide) groups is 2. The fourth-order valence-electron chi connectivity index (χ4n) is 3.21. The lowest BCUT2D eigenvalue weighted by Crippen LogP contribution is -2.46. The second-order valence-electron chi connectivity index (χ2n) is 8.02. The van der Waals surface area contributed by atoms with Crippen molar-refractivity contribution in [2.75, 3.05) is 24.7 Å². The van der Waals surface area contributed by atoms with Gasteiger partial charge in [-0.3, -0.25) is 0 Å². The van der Waals surface area contributed by atoms with Gasteiger partial charge in [0.2, 0.25) is 0 Å². The topological polar surface area (TPSA) is 65.0 Å². The molecule has 0 aliphatic carbocycles. The predicted molar refractivity (Wildman–Crippen MR) is 124 cm³/mol. The van der Waals surface area contributed by atoms with Crippen molar-refractivity contribution in [1.82, 2.24) is 0 Å². The minimum absolute atomic E-state index is 0.152. The molecule has 2 atom stereocenters. The van der Waals surface area contributed by atoms with E-state index in [1.807, 2.05) is 30.3 Å². The summed E-state index contributed by atoms with van der Waals surface area (Å²) in [5.41, 5.74) is 1.13. The molecule has 2 rings (SSSR count). The van der Waals surface area contributed by atoms with Crippen LogP contribution in [0.15, 0.2) is 30.3 Å². The quantitative estimate of drug-likeness (QED) is 0.284. The summed E-state index contributed by atoms with van der Waals surface area (Å²) in [4.78, 5) is 12.6. The first-order chi connectivity index (χ1) is 13.8. The van der Waals surface area contributed by atoms with Crippen molar-refractivity contribution < 1.29 is 23.8 Å². The van der Waals surface area contributed by atoms with Crippen LogP contribution >= 0.6 is 23.5 Å². The highest BCUT2D eigenvalue weighted by Crippen LogP contribution is 2.48. The number of hydrogen-bond donors (Lipinski definition) is 1. The molecule has 1 fully saturated rings.